The molecule has 3 aromatic rings. The number of nitrogens with zero attached hydrogens (tertiary/aromatic N) is 2. The minimum Gasteiger partial charge on any atom is -0.343 e. The van der Waals surface area contributed by atoms with Gasteiger partial charge in [-0.2, -0.15) is 0 Å². The summed E-state index contributed by atoms with van der Waals surface area (Å²) >= 11 is 5.83. The molecule has 0 fully saturated rings. The third-order valence-corrected chi connectivity index (χ3v) is 3.48. The molecule has 0 spiro atoms. The average Bonchev–Trinajstić information content (AvgIpc) is 2.60. The number of carbonyl (C=O) groups excluding carboxylic acids is 2. The van der Waals surface area contributed by atoms with Gasteiger partial charge in [0.2, 0.25) is 5.91 Å². The molecule has 3 rings (SSSR count). The van der Waals surface area contributed by atoms with Crippen LogP contribution < -0.4 is 10.6 Å². The smallest absolute Gasteiger partial charge is 0.251 e. The molecule has 2 amide bonds. The van der Waals surface area contributed by atoms with Gasteiger partial charge in [0, 0.05) is 17.1 Å². The van der Waals surface area contributed by atoms with Crippen LogP contribution in [0.4, 0.5) is 5.69 Å². The van der Waals surface area contributed by atoms with Gasteiger partial charge >= 0.3 is 0 Å². The Labute approximate surface area is 142 Å². The quantitative estimate of drug-likeness (QED) is 0.715. The number of rotatable bonds is 4. The van der Waals surface area contributed by atoms with Crippen LogP contribution in [-0.2, 0) is 4.79 Å². The zero-order valence-corrected chi connectivity index (χ0v) is 13.2. The molecular weight excluding hydrogens is 328 g/mol. The molecule has 0 radical (unpaired) electrons. The first-order valence-electron chi connectivity index (χ1n) is 7.16. The summed E-state index contributed by atoms with van der Waals surface area (Å²) < 4.78 is 0. The lowest BCUT2D eigenvalue weighted by Gasteiger charge is -2.07. The Kier molecular flexibility index (Phi) is 4.67. The van der Waals surface area contributed by atoms with Gasteiger partial charge in [-0.3, -0.25) is 14.6 Å². The van der Waals surface area contributed by atoms with Crippen LogP contribution in [-0.4, -0.2) is 28.3 Å². The van der Waals surface area contributed by atoms with E-state index in [2.05, 4.69) is 20.6 Å². The van der Waals surface area contributed by atoms with Gasteiger partial charge in [-0.25, -0.2) is 4.98 Å². The van der Waals surface area contributed by atoms with E-state index in [0.717, 1.165) is 5.39 Å². The van der Waals surface area contributed by atoms with Crippen LogP contribution in [0.25, 0.3) is 10.9 Å². The number of hydrogen-bond acceptors (Lipinski definition) is 4. The summed E-state index contributed by atoms with van der Waals surface area (Å²) in [6.45, 7) is -0.134. The second kappa shape index (κ2) is 7.06. The van der Waals surface area contributed by atoms with E-state index in [0.29, 0.717) is 21.9 Å². The van der Waals surface area contributed by atoms with E-state index in [4.69, 9.17) is 11.6 Å². The van der Waals surface area contributed by atoms with E-state index in [1.54, 1.807) is 48.7 Å². The Morgan fingerprint density at radius 2 is 2.00 bits per heavy atom. The van der Waals surface area contributed by atoms with Crippen LogP contribution in [0.3, 0.4) is 0 Å². The van der Waals surface area contributed by atoms with Gasteiger partial charge < -0.3 is 10.6 Å². The molecule has 2 N–H and O–H groups in total. The minimum atomic E-state index is -0.340. The zero-order chi connectivity index (χ0) is 16.9. The first kappa shape index (κ1) is 15.9. The maximum absolute atomic E-state index is 12.2. The number of pyridine rings is 2. The summed E-state index contributed by atoms with van der Waals surface area (Å²) in [6.07, 6.45) is 3.14. The van der Waals surface area contributed by atoms with Gasteiger partial charge in [-0.05, 0) is 42.5 Å². The molecule has 24 heavy (non-hydrogen) atoms. The third-order valence-electron chi connectivity index (χ3n) is 3.27. The predicted molar refractivity (Wildman–Crippen MR) is 92.0 cm³/mol. The Hall–Kier alpha value is -2.99. The molecular formula is C17H13ClN4O2. The van der Waals surface area contributed by atoms with Gasteiger partial charge in [-0.15, -0.1) is 0 Å². The molecule has 2 heterocycles. The van der Waals surface area contributed by atoms with Crippen molar-refractivity contribution in [1.82, 2.24) is 15.3 Å². The Balaban J connectivity index is 1.62. The van der Waals surface area contributed by atoms with Crippen molar-refractivity contribution >= 4 is 40.0 Å². The number of benzene rings is 1. The van der Waals surface area contributed by atoms with Crippen molar-refractivity contribution in [2.45, 2.75) is 0 Å². The molecule has 0 bridgehead atoms. The second-order valence-electron chi connectivity index (χ2n) is 5.01. The highest BCUT2D eigenvalue weighted by atomic mass is 35.5. The molecule has 0 saturated carbocycles. The van der Waals surface area contributed by atoms with Crippen LogP contribution in [0.1, 0.15) is 10.4 Å². The lowest BCUT2D eigenvalue weighted by Crippen LogP contribution is -2.32. The topological polar surface area (TPSA) is 84.0 Å². The number of carbonyl (C=O) groups is 2. The summed E-state index contributed by atoms with van der Waals surface area (Å²) in [7, 11) is 0. The molecule has 120 valence electrons. The first-order chi connectivity index (χ1) is 11.6. The second-order valence-corrected chi connectivity index (χ2v) is 5.40. The molecule has 6 nitrogen and oxygen atoms in total. The molecule has 0 atom stereocenters. The Morgan fingerprint density at radius 1 is 1.12 bits per heavy atom. The highest BCUT2D eigenvalue weighted by Gasteiger charge is 2.09. The van der Waals surface area contributed by atoms with E-state index in [9.17, 15) is 9.59 Å². The summed E-state index contributed by atoms with van der Waals surface area (Å²) in [4.78, 5) is 32.0. The number of amides is 2. The van der Waals surface area contributed by atoms with E-state index in [1.807, 2.05) is 0 Å². The number of halogens is 1. The third kappa shape index (κ3) is 3.85. The lowest BCUT2D eigenvalue weighted by atomic mass is 10.1. The van der Waals surface area contributed by atoms with Crippen LogP contribution in [0.15, 0.2) is 54.9 Å². The maximum Gasteiger partial charge on any atom is 0.251 e. The summed E-state index contributed by atoms with van der Waals surface area (Å²) in [5.41, 5.74) is 1.72. The fraction of sp³-hybridized carbons (Fsp3) is 0.0588. The van der Waals surface area contributed by atoms with Crippen molar-refractivity contribution in [2.75, 3.05) is 11.9 Å². The van der Waals surface area contributed by atoms with Gasteiger partial charge in [0.15, 0.2) is 0 Å². The zero-order valence-electron chi connectivity index (χ0n) is 12.5. The lowest BCUT2D eigenvalue weighted by molar-refractivity contribution is -0.115. The maximum atomic E-state index is 12.2. The highest BCUT2D eigenvalue weighted by Crippen LogP contribution is 2.17. The molecule has 0 aliphatic carbocycles. The van der Waals surface area contributed by atoms with Crippen LogP contribution >= 0.6 is 11.6 Å². The molecule has 0 unspecified atom stereocenters. The van der Waals surface area contributed by atoms with E-state index in [-0.39, 0.29) is 18.4 Å². The molecule has 0 aliphatic heterocycles. The van der Waals surface area contributed by atoms with E-state index in [1.165, 1.54) is 6.20 Å². The summed E-state index contributed by atoms with van der Waals surface area (Å²) in [5, 5.41) is 6.41. The SMILES string of the molecule is O=C(CNC(=O)c1ccc2nc(Cl)ccc2c1)Nc1cccnc1. The van der Waals surface area contributed by atoms with Gasteiger partial charge in [0.1, 0.15) is 5.15 Å². The van der Waals surface area contributed by atoms with Crippen molar-refractivity contribution in [3.8, 4) is 0 Å². The van der Waals surface area contributed by atoms with Gasteiger partial charge in [0.25, 0.3) is 5.91 Å². The fourth-order valence-electron chi connectivity index (χ4n) is 2.15. The van der Waals surface area contributed by atoms with Crippen LogP contribution in [0.5, 0.6) is 0 Å². The number of fused-ring (bicyclic) bond motifs is 1. The van der Waals surface area contributed by atoms with Crippen molar-refractivity contribution in [3.63, 3.8) is 0 Å². The molecule has 7 heteroatoms. The normalized spacial score (nSPS) is 10.4. The predicted octanol–water partition coefficient (Wildman–Crippen LogP) is 2.65. The Morgan fingerprint density at radius 3 is 2.79 bits per heavy atom. The largest absolute Gasteiger partial charge is 0.343 e. The van der Waals surface area contributed by atoms with Gasteiger partial charge in [-0.1, -0.05) is 11.6 Å². The highest BCUT2D eigenvalue weighted by molar-refractivity contribution is 6.29. The monoisotopic (exact) mass is 340 g/mol. The molecule has 0 saturated heterocycles. The van der Waals surface area contributed by atoms with Crippen LogP contribution in [0, 0.1) is 0 Å². The van der Waals surface area contributed by atoms with Crippen molar-refractivity contribution in [1.29, 1.82) is 0 Å². The number of nitrogens with one attached hydrogen (secondary N) is 2. The van der Waals surface area contributed by atoms with E-state index < -0.39 is 0 Å². The summed E-state index contributed by atoms with van der Waals surface area (Å²) in [5.74, 6) is -0.668. The average molecular weight is 341 g/mol. The first-order valence-corrected chi connectivity index (χ1v) is 7.54. The number of hydrogen-bond donors (Lipinski definition) is 2. The fourth-order valence-corrected chi connectivity index (χ4v) is 2.30. The van der Waals surface area contributed by atoms with Crippen molar-refractivity contribution < 1.29 is 9.59 Å². The van der Waals surface area contributed by atoms with Gasteiger partial charge in [0.05, 0.1) is 23.9 Å². The summed E-state index contributed by atoms with van der Waals surface area (Å²) in [6, 6.07) is 11.9. The molecule has 0 aliphatic rings. The molecule has 2 aromatic heterocycles. The Bertz CT molecular complexity index is 899. The minimum absolute atomic E-state index is 0.134. The number of anilines is 1. The van der Waals surface area contributed by atoms with Crippen molar-refractivity contribution in [2.24, 2.45) is 0 Å². The number of aromatic nitrogens is 2. The van der Waals surface area contributed by atoms with Crippen LogP contribution in [0.2, 0.25) is 5.15 Å². The van der Waals surface area contributed by atoms with E-state index >= 15 is 0 Å². The molecule has 1 aromatic carbocycles. The van der Waals surface area contributed by atoms with Crippen molar-refractivity contribution in [3.05, 3.63) is 65.6 Å². The standard InChI is InChI=1S/C17H13ClN4O2/c18-15-6-4-11-8-12(3-5-14(11)22-15)17(24)20-10-16(23)21-13-2-1-7-19-9-13/h1-9H,10H2,(H,20,24)(H,21,23).